The van der Waals surface area contributed by atoms with Crippen LogP contribution >= 0.6 is 0 Å². The van der Waals surface area contributed by atoms with Crippen LogP contribution in [0, 0.1) is 5.95 Å². The zero-order valence-corrected chi connectivity index (χ0v) is 8.56. The fourth-order valence-electron chi connectivity index (χ4n) is 1.74. The standard InChI is InChI=1S/C11H11FN2O2/c12-10-9(4-1-5-13-10)8-3-2-6-14(7-8)11(15)16/h1,4-5,7H,2-3,6H2,(H,15,16). The Hall–Kier alpha value is -1.91. The van der Waals surface area contributed by atoms with Crippen molar-refractivity contribution in [1.29, 1.82) is 0 Å². The Morgan fingerprint density at radius 2 is 2.38 bits per heavy atom. The molecule has 0 saturated heterocycles. The molecule has 0 spiro atoms. The number of aromatic nitrogens is 1. The summed E-state index contributed by atoms with van der Waals surface area (Å²) in [5.41, 5.74) is 1.06. The maximum absolute atomic E-state index is 13.4. The molecule has 1 aliphatic heterocycles. The second kappa shape index (κ2) is 4.30. The van der Waals surface area contributed by atoms with E-state index in [1.807, 2.05) is 0 Å². The lowest BCUT2D eigenvalue weighted by Crippen LogP contribution is -2.27. The first-order valence-electron chi connectivity index (χ1n) is 4.99. The first kappa shape index (κ1) is 10.6. The van der Waals surface area contributed by atoms with E-state index in [-0.39, 0.29) is 0 Å². The zero-order valence-electron chi connectivity index (χ0n) is 8.56. The number of carbonyl (C=O) groups is 1. The van der Waals surface area contributed by atoms with Crippen molar-refractivity contribution in [3.05, 3.63) is 36.0 Å². The van der Waals surface area contributed by atoms with Gasteiger partial charge in [0.05, 0.1) is 0 Å². The second-order valence-electron chi connectivity index (χ2n) is 3.58. The Kier molecular flexibility index (Phi) is 2.85. The van der Waals surface area contributed by atoms with E-state index in [2.05, 4.69) is 4.98 Å². The Morgan fingerprint density at radius 3 is 3.06 bits per heavy atom. The second-order valence-corrected chi connectivity index (χ2v) is 3.58. The van der Waals surface area contributed by atoms with Gasteiger partial charge in [0.2, 0.25) is 5.95 Å². The number of rotatable bonds is 1. The van der Waals surface area contributed by atoms with Gasteiger partial charge in [-0.3, -0.25) is 4.90 Å². The molecule has 5 heteroatoms. The van der Waals surface area contributed by atoms with Crippen molar-refractivity contribution in [1.82, 2.24) is 9.88 Å². The minimum atomic E-state index is -1.01. The van der Waals surface area contributed by atoms with Crippen molar-refractivity contribution in [3.63, 3.8) is 0 Å². The zero-order chi connectivity index (χ0) is 11.5. The number of hydrogen-bond acceptors (Lipinski definition) is 2. The fourth-order valence-corrected chi connectivity index (χ4v) is 1.74. The first-order chi connectivity index (χ1) is 7.68. The van der Waals surface area contributed by atoms with Gasteiger partial charge in [0.25, 0.3) is 0 Å². The molecule has 1 amide bonds. The van der Waals surface area contributed by atoms with Gasteiger partial charge >= 0.3 is 6.09 Å². The van der Waals surface area contributed by atoms with Gasteiger partial charge in [-0.2, -0.15) is 4.39 Å². The summed E-state index contributed by atoms with van der Waals surface area (Å²) in [5, 5.41) is 8.84. The van der Waals surface area contributed by atoms with Gasteiger partial charge in [-0.05, 0) is 30.5 Å². The maximum atomic E-state index is 13.4. The summed E-state index contributed by atoms with van der Waals surface area (Å²) in [4.78, 5) is 15.5. The highest BCUT2D eigenvalue weighted by Gasteiger charge is 2.18. The SMILES string of the molecule is O=C(O)N1C=C(c2cccnc2F)CCC1. The molecular formula is C11H11FN2O2. The predicted octanol–water partition coefficient (Wildman–Crippen LogP) is 2.34. The minimum Gasteiger partial charge on any atom is -0.465 e. The Labute approximate surface area is 92.0 Å². The third-order valence-electron chi connectivity index (χ3n) is 2.51. The molecule has 1 aromatic heterocycles. The van der Waals surface area contributed by atoms with Crippen LogP contribution in [0.25, 0.3) is 5.57 Å². The maximum Gasteiger partial charge on any atom is 0.411 e. The van der Waals surface area contributed by atoms with Gasteiger partial charge in [-0.1, -0.05) is 0 Å². The number of nitrogens with zero attached hydrogens (tertiary/aromatic N) is 2. The monoisotopic (exact) mass is 222 g/mol. The van der Waals surface area contributed by atoms with Crippen molar-refractivity contribution in [2.75, 3.05) is 6.54 Å². The molecule has 84 valence electrons. The third kappa shape index (κ3) is 2.03. The number of carboxylic acid groups (broad SMARTS) is 1. The summed E-state index contributed by atoms with van der Waals surface area (Å²) < 4.78 is 13.4. The van der Waals surface area contributed by atoms with Crippen LogP contribution in [0.1, 0.15) is 18.4 Å². The molecular weight excluding hydrogens is 211 g/mol. The molecule has 0 aromatic carbocycles. The Bertz CT molecular complexity index is 445. The molecule has 0 aliphatic carbocycles. The molecule has 0 radical (unpaired) electrons. The van der Waals surface area contributed by atoms with E-state index >= 15 is 0 Å². The highest BCUT2D eigenvalue weighted by Crippen LogP contribution is 2.25. The van der Waals surface area contributed by atoms with E-state index in [1.54, 1.807) is 12.1 Å². The lowest BCUT2D eigenvalue weighted by molar-refractivity contribution is 0.161. The average Bonchev–Trinajstić information content (AvgIpc) is 2.30. The quantitative estimate of drug-likeness (QED) is 0.742. The fraction of sp³-hybridized carbons (Fsp3) is 0.273. The Balaban J connectivity index is 2.34. The van der Waals surface area contributed by atoms with Crippen LogP contribution in [0.3, 0.4) is 0 Å². The minimum absolute atomic E-state index is 0.383. The molecule has 4 nitrogen and oxygen atoms in total. The van der Waals surface area contributed by atoms with Crippen molar-refractivity contribution in [3.8, 4) is 0 Å². The smallest absolute Gasteiger partial charge is 0.411 e. The molecule has 0 fully saturated rings. The van der Waals surface area contributed by atoms with Crippen LogP contribution in [0.4, 0.5) is 9.18 Å². The molecule has 1 N–H and O–H groups in total. The lowest BCUT2D eigenvalue weighted by atomic mass is 10.0. The number of amides is 1. The molecule has 1 aliphatic rings. The topological polar surface area (TPSA) is 53.4 Å². The van der Waals surface area contributed by atoms with Crippen LogP contribution in [0.15, 0.2) is 24.5 Å². The molecule has 0 bridgehead atoms. The largest absolute Gasteiger partial charge is 0.465 e. The van der Waals surface area contributed by atoms with Gasteiger partial charge in [0.1, 0.15) is 0 Å². The van der Waals surface area contributed by atoms with E-state index in [9.17, 15) is 9.18 Å². The molecule has 16 heavy (non-hydrogen) atoms. The van der Waals surface area contributed by atoms with E-state index < -0.39 is 12.0 Å². The lowest BCUT2D eigenvalue weighted by Gasteiger charge is -2.22. The van der Waals surface area contributed by atoms with Gasteiger partial charge < -0.3 is 5.11 Å². The summed E-state index contributed by atoms with van der Waals surface area (Å²) in [6.45, 7) is 0.459. The average molecular weight is 222 g/mol. The van der Waals surface area contributed by atoms with E-state index in [0.717, 1.165) is 0 Å². The van der Waals surface area contributed by atoms with Crippen molar-refractivity contribution < 1.29 is 14.3 Å². The molecule has 2 rings (SSSR count). The number of halogens is 1. The van der Waals surface area contributed by atoms with Gasteiger partial charge in [-0.25, -0.2) is 9.78 Å². The summed E-state index contributed by atoms with van der Waals surface area (Å²) in [6, 6.07) is 3.25. The van der Waals surface area contributed by atoms with Crippen LogP contribution in [-0.2, 0) is 0 Å². The predicted molar refractivity (Wildman–Crippen MR) is 56.1 cm³/mol. The highest BCUT2D eigenvalue weighted by molar-refractivity contribution is 5.73. The van der Waals surface area contributed by atoms with E-state index in [1.165, 1.54) is 17.3 Å². The van der Waals surface area contributed by atoms with Gasteiger partial charge in [-0.15, -0.1) is 0 Å². The van der Waals surface area contributed by atoms with Crippen LogP contribution in [-0.4, -0.2) is 27.6 Å². The molecule has 0 unspecified atom stereocenters. The van der Waals surface area contributed by atoms with E-state index in [4.69, 9.17) is 5.11 Å². The number of hydrogen-bond donors (Lipinski definition) is 1. The van der Waals surface area contributed by atoms with Crippen molar-refractivity contribution in [2.45, 2.75) is 12.8 Å². The van der Waals surface area contributed by atoms with Gasteiger partial charge in [0.15, 0.2) is 0 Å². The van der Waals surface area contributed by atoms with Crippen molar-refractivity contribution >= 4 is 11.7 Å². The Morgan fingerprint density at radius 1 is 1.56 bits per heavy atom. The molecule has 0 saturated carbocycles. The van der Waals surface area contributed by atoms with Crippen LogP contribution < -0.4 is 0 Å². The summed E-state index contributed by atoms with van der Waals surface area (Å²) in [6.07, 6.45) is 3.21. The molecule has 1 aromatic rings. The molecule has 0 atom stereocenters. The van der Waals surface area contributed by atoms with E-state index in [0.29, 0.717) is 30.5 Å². The third-order valence-corrected chi connectivity index (χ3v) is 2.51. The normalized spacial score (nSPS) is 15.8. The summed E-state index contributed by atoms with van der Waals surface area (Å²) >= 11 is 0. The number of allylic oxidation sites excluding steroid dienone is 1. The summed E-state index contributed by atoms with van der Waals surface area (Å²) in [5.74, 6) is -0.555. The number of pyridine rings is 1. The van der Waals surface area contributed by atoms with Crippen LogP contribution in [0.2, 0.25) is 0 Å². The highest BCUT2D eigenvalue weighted by atomic mass is 19.1. The molecule has 2 heterocycles. The first-order valence-corrected chi connectivity index (χ1v) is 4.99. The summed E-state index contributed by atoms with van der Waals surface area (Å²) in [7, 11) is 0. The van der Waals surface area contributed by atoms with Crippen molar-refractivity contribution in [2.24, 2.45) is 0 Å². The van der Waals surface area contributed by atoms with Crippen LogP contribution in [0.5, 0.6) is 0 Å². The van der Waals surface area contributed by atoms with Gasteiger partial charge in [0, 0.05) is 24.5 Å².